The number of aliphatic carboxylic acids is 1. The van der Waals surface area contributed by atoms with Crippen molar-refractivity contribution in [2.24, 2.45) is 0 Å². The van der Waals surface area contributed by atoms with Crippen LogP contribution in [0, 0.1) is 20.8 Å². The van der Waals surface area contributed by atoms with Crippen LogP contribution < -0.4 is 15.4 Å². The number of halogens is 3. The highest BCUT2D eigenvalue weighted by Crippen LogP contribution is 2.37. The molecule has 3 N–H and O–H groups in total. The van der Waals surface area contributed by atoms with Crippen LogP contribution >= 0.6 is 0 Å². The number of benzene rings is 4. The molecule has 0 saturated carbocycles. The lowest BCUT2D eigenvalue weighted by molar-refractivity contribution is -0.274. The molecule has 0 fully saturated rings. The molecule has 7 nitrogen and oxygen atoms in total. The summed E-state index contributed by atoms with van der Waals surface area (Å²) < 4.78 is 42.7. The molecular formula is C38H39F3N2O5. The Morgan fingerprint density at radius 3 is 1.88 bits per heavy atom. The van der Waals surface area contributed by atoms with E-state index in [1.807, 2.05) is 26.0 Å². The summed E-state index contributed by atoms with van der Waals surface area (Å²) in [5.41, 5.74) is 7.67. The van der Waals surface area contributed by atoms with E-state index in [1.165, 1.54) is 29.8 Å². The van der Waals surface area contributed by atoms with E-state index in [0.29, 0.717) is 23.1 Å². The Hall–Kier alpha value is -5.12. The molecule has 0 heterocycles. The summed E-state index contributed by atoms with van der Waals surface area (Å²) in [7, 11) is 0. The van der Waals surface area contributed by atoms with Gasteiger partial charge in [0.05, 0.1) is 12.5 Å². The van der Waals surface area contributed by atoms with Crippen LogP contribution in [-0.2, 0) is 4.79 Å². The second kappa shape index (κ2) is 15.6. The number of hydrogen-bond donors (Lipinski definition) is 3. The maximum Gasteiger partial charge on any atom is 0.573 e. The molecule has 4 rings (SSSR count). The van der Waals surface area contributed by atoms with Gasteiger partial charge in [-0.05, 0) is 97.0 Å². The molecule has 2 atom stereocenters. The summed E-state index contributed by atoms with van der Waals surface area (Å²) in [6.45, 7) is 8.13. The van der Waals surface area contributed by atoms with E-state index in [9.17, 15) is 27.6 Å². The van der Waals surface area contributed by atoms with E-state index >= 15 is 0 Å². The highest BCUT2D eigenvalue weighted by Gasteiger charge is 2.32. The van der Waals surface area contributed by atoms with Crippen molar-refractivity contribution in [3.63, 3.8) is 0 Å². The van der Waals surface area contributed by atoms with Crippen LogP contribution in [0.2, 0.25) is 0 Å². The number of carboxylic acid groups (broad SMARTS) is 1. The summed E-state index contributed by atoms with van der Waals surface area (Å²) in [4.78, 5) is 37.1. The van der Waals surface area contributed by atoms with E-state index in [-0.39, 0.29) is 30.5 Å². The highest BCUT2D eigenvalue weighted by atomic mass is 19.4. The summed E-state index contributed by atoms with van der Waals surface area (Å²) in [5.74, 6) is -2.48. The van der Waals surface area contributed by atoms with E-state index in [2.05, 4.69) is 41.4 Å². The molecule has 0 spiro atoms. The predicted octanol–water partition coefficient (Wildman–Crippen LogP) is 8.44. The molecule has 2 unspecified atom stereocenters. The Morgan fingerprint density at radius 2 is 1.33 bits per heavy atom. The SMILES string of the molecule is CCCC(c1ccc(C(=O)NCCC(=O)O)cc1)C(NC(=O)c1ccc(-c2c(C)cc(C)cc2C)cc1)c1ccc(OC(F)(F)F)cc1. The third-order valence-electron chi connectivity index (χ3n) is 8.10. The highest BCUT2D eigenvalue weighted by molar-refractivity contribution is 5.95. The summed E-state index contributed by atoms with van der Waals surface area (Å²) >= 11 is 0. The first-order chi connectivity index (χ1) is 22.8. The quantitative estimate of drug-likeness (QED) is 0.134. The Morgan fingerprint density at radius 1 is 0.792 bits per heavy atom. The number of amides is 2. The average Bonchev–Trinajstić information content (AvgIpc) is 3.02. The zero-order valence-electron chi connectivity index (χ0n) is 27.3. The predicted molar refractivity (Wildman–Crippen MR) is 178 cm³/mol. The van der Waals surface area contributed by atoms with Gasteiger partial charge in [0.15, 0.2) is 0 Å². The Balaban J connectivity index is 1.65. The van der Waals surface area contributed by atoms with Crippen LogP contribution in [0.15, 0.2) is 84.9 Å². The first-order valence-corrected chi connectivity index (χ1v) is 15.7. The lowest BCUT2D eigenvalue weighted by Crippen LogP contribution is -2.33. The van der Waals surface area contributed by atoms with Gasteiger partial charge in [0.2, 0.25) is 0 Å². The standard InChI is InChI=1S/C38H39F3N2O5/c1-5-6-32(26-7-11-29(12-8-26)36(46)42-20-19-33(44)45)35(28-15-17-31(18-16-28)48-38(39,40)41)43-37(47)30-13-9-27(10-14-30)34-24(3)21-23(2)22-25(34)4/h7-18,21-22,32,35H,5-6,19-20H2,1-4H3,(H,42,46)(H,43,47)(H,44,45). The van der Waals surface area contributed by atoms with Gasteiger partial charge in [0, 0.05) is 23.6 Å². The van der Waals surface area contributed by atoms with Gasteiger partial charge < -0.3 is 20.5 Å². The molecule has 4 aromatic rings. The van der Waals surface area contributed by atoms with Gasteiger partial charge in [-0.3, -0.25) is 14.4 Å². The molecular weight excluding hydrogens is 621 g/mol. The molecule has 4 aromatic carbocycles. The lowest BCUT2D eigenvalue weighted by atomic mass is 9.83. The minimum Gasteiger partial charge on any atom is -0.481 e. The van der Waals surface area contributed by atoms with Crippen LogP contribution in [0.25, 0.3) is 11.1 Å². The summed E-state index contributed by atoms with van der Waals surface area (Å²) in [6, 6.07) is 23.2. The van der Waals surface area contributed by atoms with Gasteiger partial charge >= 0.3 is 12.3 Å². The van der Waals surface area contributed by atoms with Crippen LogP contribution in [0.4, 0.5) is 13.2 Å². The number of ether oxygens (including phenoxy) is 1. The average molecular weight is 661 g/mol. The second-order valence-corrected chi connectivity index (χ2v) is 11.8. The lowest BCUT2D eigenvalue weighted by Gasteiger charge is -2.29. The topological polar surface area (TPSA) is 105 Å². The number of carbonyl (C=O) groups excluding carboxylic acids is 2. The van der Waals surface area contributed by atoms with Gasteiger partial charge in [-0.25, -0.2) is 0 Å². The first-order valence-electron chi connectivity index (χ1n) is 15.7. The largest absolute Gasteiger partial charge is 0.573 e. The van der Waals surface area contributed by atoms with Crippen molar-refractivity contribution < 1.29 is 37.4 Å². The molecule has 0 aliphatic rings. The molecule has 48 heavy (non-hydrogen) atoms. The number of hydrogen-bond acceptors (Lipinski definition) is 4. The van der Waals surface area contributed by atoms with Crippen molar-refractivity contribution in [2.75, 3.05) is 6.54 Å². The fourth-order valence-corrected chi connectivity index (χ4v) is 6.04. The van der Waals surface area contributed by atoms with E-state index < -0.39 is 24.3 Å². The molecule has 2 amide bonds. The summed E-state index contributed by atoms with van der Waals surface area (Å²) in [6.07, 6.45) is -3.71. The molecule has 10 heteroatoms. The van der Waals surface area contributed by atoms with E-state index in [0.717, 1.165) is 34.2 Å². The third-order valence-corrected chi connectivity index (χ3v) is 8.10. The minimum absolute atomic E-state index is 0.0122. The monoisotopic (exact) mass is 660 g/mol. The molecule has 0 radical (unpaired) electrons. The number of carboxylic acids is 1. The van der Waals surface area contributed by atoms with Crippen LogP contribution in [0.3, 0.4) is 0 Å². The smallest absolute Gasteiger partial charge is 0.481 e. The zero-order valence-corrected chi connectivity index (χ0v) is 27.3. The van der Waals surface area contributed by atoms with Gasteiger partial charge in [-0.15, -0.1) is 13.2 Å². The molecule has 0 saturated heterocycles. The van der Waals surface area contributed by atoms with Crippen molar-refractivity contribution in [2.45, 2.75) is 65.3 Å². The Bertz CT molecular complexity index is 1710. The number of nitrogens with one attached hydrogen (secondary N) is 2. The number of aryl methyl sites for hydroxylation is 3. The molecule has 0 aliphatic heterocycles. The van der Waals surface area contributed by atoms with Gasteiger partial charge in [0.25, 0.3) is 11.8 Å². The van der Waals surface area contributed by atoms with Crippen LogP contribution in [0.5, 0.6) is 5.75 Å². The molecule has 0 aliphatic carbocycles. The maximum absolute atomic E-state index is 13.8. The van der Waals surface area contributed by atoms with Crippen molar-refractivity contribution in [3.8, 4) is 16.9 Å². The molecule has 0 aromatic heterocycles. The third kappa shape index (κ3) is 9.47. The van der Waals surface area contributed by atoms with Gasteiger partial charge in [-0.1, -0.05) is 67.4 Å². The number of rotatable bonds is 13. The van der Waals surface area contributed by atoms with Gasteiger partial charge in [0.1, 0.15) is 5.75 Å². The normalized spacial score (nSPS) is 12.6. The Kier molecular flexibility index (Phi) is 11.6. The van der Waals surface area contributed by atoms with E-state index in [4.69, 9.17) is 5.11 Å². The molecule has 0 bridgehead atoms. The van der Waals surface area contributed by atoms with Crippen LogP contribution in [0.1, 0.15) is 86.7 Å². The van der Waals surface area contributed by atoms with Crippen molar-refractivity contribution in [3.05, 3.63) is 124 Å². The minimum atomic E-state index is -4.84. The zero-order chi connectivity index (χ0) is 35.0. The first kappa shape index (κ1) is 35.7. The van der Waals surface area contributed by atoms with Gasteiger partial charge in [-0.2, -0.15) is 0 Å². The van der Waals surface area contributed by atoms with Crippen molar-refractivity contribution >= 4 is 17.8 Å². The summed E-state index contributed by atoms with van der Waals surface area (Å²) in [5, 5.41) is 14.5. The fourth-order valence-electron chi connectivity index (χ4n) is 6.04. The fraction of sp³-hybridized carbons (Fsp3) is 0.289. The number of carbonyl (C=O) groups is 3. The number of alkyl halides is 3. The molecule has 252 valence electrons. The maximum atomic E-state index is 13.8. The second-order valence-electron chi connectivity index (χ2n) is 11.8. The van der Waals surface area contributed by atoms with E-state index in [1.54, 1.807) is 36.4 Å². The van der Waals surface area contributed by atoms with Crippen molar-refractivity contribution in [1.82, 2.24) is 10.6 Å². The van der Waals surface area contributed by atoms with Crippen LogP contribution in [-0.4, -0.2) is 35.8 Å². The Labute approximate surface area is 278 Å². The van der Waals surface area contributed by atoms with Crippen molar-refractivity contribution in [1.29, 1.82) is 0 Å².